The van der Waals surface area contributed by atoms with E-state index in [1.54, 1.807) is 31.4 Å². The van der Waals surface area contributed by atoms with Crippen LogP contribution in [-0.4, -0.2) is 34.4 Å². The van der Waals surface area contributed by atoms with Crippen molar-refractivity contribution in [1.29, 1.82) is 0 Å². The van der Waals surface area contributed by atoms with Crippen LogP contribution in [0.5, 0.6) is 40.2 Å². The highest BCUT2D eigenvalue weighted by molar-refractivity contribution is 9.10. The Bertz CT molecular complexity index is 1480. The predicted molar refractivity (Wildman–Crippen MR) is 134 cm³/mol. The van der Waals surface area contributed by atoms with Gasteiger partial charge in [-0.05, 0) is 58.4 Å². The normalized spacial score (nSPS) is 10.6. The number of hydrogen-bond acceptors (Lipinski definition) is 9. The van der Waals surface area contributed by atoms with Crippen molar-refractivity contribution < 1.29 is 37.6 Å². The van der Waals surface area contributed by atoms with Crippen LogP contribution >= 0.6 is 15.9 Å². The third-order valence-electron chi connectivity index (χ3n) is 5.20. The largest absolute Gasteiger partial charge is 0.497 e. The van der Waals surface area contributed by atoms with Crippen LogP contribution in [0.1, 0.15) is 10.4 Å². The third kappa shape index (κ3) is 4.80. The van der Waals surface area contributed by atoms with E-state index in [1.807, 2.05) is 0 Å². The molecule has 0 fully saturated rings. The van der Waals surface area contributed by atoms with Crippen LogP contribution in [0.25, 0.3) is 11.0 Å². The number of esters is 1. The van der Waals surface area contributed by atoms with Gasteiger partial charge in [-0.1, -0.05) is 0 Å². The number of benzene rings is 3. The predicted octanol–water partition coefficient (Wildman–Crippen LogP) is 5.60. The van der Waals surface area contributed by atoms with E-state index in [9.17, 15) is 9.59 Å². The lowest BCUT2D eigenvalue weighted by Gasteiger charge is -2.16. The second-order valence-corrected chi connectivity index (χ2v) is 8.05. The van der Waals surface area contributed by atoms with Crippen LogP contribution < -0.4 is 33.8 Å². The molecular formula is C26H21BrO9. The zero-order valence-electron chi connectivity index (χ0n) is 19.7. The van der Waals surface area contributed by atoms with Crippen molar-refractivity contribution >= 4 is 32.9 Å². The second-order valence-electron chi connectivity index (χ2n) is 7.26. The number of fused-ring (bicyclic) bond motifs is 1. The number of carbonyl (C=O) groups excluding carboxylic acids is 1. The van der Waals surface area contributed by atoms with E-state index in [2.05, 4.69) is 15.9 Å². The molecule has 4 aromatic rings. The summed E-state index contributed by atoms with van der Waals surface area (Å²) in [5, 5.41) is 0.259. The minimum atomic E-state index is -0.692. The van der Waals surface area contributed by atoms with Gasteiger partial charge < -0.3 is 32.8 Å². The van der Waals surface area contributed by atoms with Crippen molar-refractivity contribution in [2.45, 2.75) is 0 Å². The summed E-state index contributed by atoms with van der Waals surface area (Å²) >= 11 is 3.36. The van der Waals surface area contributed by atoms with Gasteiger partial charge in [0.2, 0.25) is 16.9 Å². The molecule has 0 saturated heterocycles. The molecule has 0 amide bonds. The summed E-state index contributed by atoms with van der Waals surface area (Å²) in [5.74, 6) is 1.48. The van der Waals surface area contributed by atoms with Gasteiger partial charge in [0.25, 0.3) is 0 Å². The Morgan fingerprint density at radius 2 is 1.44 bits per heavy atom. The molecule has 0 aliphatic heterocycles. The van der Waals surface area contributed by atoms with Crippen LogP contribution in [-0.2, 0) is 0 Å². The van der Waals surface area contributed by atoms with Gasteiger partial charge in [0.15, 0.2) is 11.5 Å². The van der Waals surface area contributed by atoms with E-state index in [4.69, 9.17) is 32.8 Å². The number of rotatable bonds is 8. The molecule has 0 radical (unpaired) electrons. The van der Waals surface area contributed by atoms with E-state index in [0.29, 0.717) is 27.5 Å². The highest BCUT2D eigenvalue weighted by Crippen LogP contribution is 2.45. The molecule has 10 heteroatoms. The van der Waals surface area contributed by atoms with Crippen molar-refractivity contribution in [2.75, 3.05) is 28.4 Å². The standard InChI is InChI=1S/C26H21BrO9/c1-30-14-5-7-15(8-6-14)35-21-13-34-19-11-16(9-10-17(19)23(21)28)36-26(29)18-12-20(31-2)24(32-3)25(33-4)22(18)27/h5-13H,1-4H3. The van der Waals surface area contributed by atoms with E-state index in [0.717, 1.165) is 0 Å². The van der Waals surface area contributed by atoms with E-state index in [1.165, 1.54) is 51.9 Å². The van der Waals surface area contributed by atoms with Crippen LogP contribution in [0.3, 0.4) is 0 Å². The lowest BCUT2D eigenvalue weighted by atomic mass is 10.1. The maximum Gasteiger partial charge on any atom is 0.344 e. The first-order valence-electron chi connectivity index (χ1n) is 10.5. The zero-order chi connectivity index (χ0) is 25.8. The van der Waals surface area contributed by atoms with Crippen LogP contribution in [0.2, 0.25) is 0 Å². The molecule has 3 aromatic carbocycles. The minimum absolute atomic E-state index is 0.0127. The first-order chi connectivity index (χ1) is 17.4. The summed E-state index contributed by atoms with van der Waals surface area (Å²) in [7, 11) is 5.90. The first kappa shape index (κ1) is 24.9. The fourth-order valence-corrected chi connectivity index (χ4v) is 4.05. The molecule has 0 atom stereocenters. The molecule has 4 rings (SSSR count). The van der Waals surface area contributed by atoms with Crippen molar-refractivity contribution in [3.8, 4) is 40.2 Å². The smallest absolute Gasteiger partial charge is 0.344 e. The maximum atomic E-state index is 13.0. The second kappa shape index (κ2) is 10.6. The van der Waals surface area contributed by atoms with Crippen molar-refractivity contribution in [1.82, 2.24) is 0 Å². The molecule has 0 bridgehead atoms. The molecule has 36 heavy (non-hydrogen) atoms. The number of methoxy groups -OCH3 is 4. The highest BCUT2D eigenvalue weighted by Gasteiger charge is 2.24. The lowest BCUT2D eigenvalue weighted by molar-refractivity contribution is 0.0733. The average Bonchev–Trinajstić information content (AvgIpc) is 2.90. The minimum Gasteiger partial charge on any atom is -0.497 e. The van der Waals surface area contributed by atoms with E-state index < -0.39 is 5.97 Å². The van der Waals surface area contributed by atoms with Crippen molar-refractivity contribution in [3.05, 3.63) is 75.1 Å². The quantitative estimate of drug-likeness (QED) is 0.202. The third-order valence-corrected chi connectivity index (χ3v) is 5.99. The summed E-state index contributed by atoms with van der Waals surface area (Å²) in [5.41, 5.74) is -0.0112. The van der Waals surface area contributed by atoms with Gasteiger partial charge in [-0.2, -0.15) is 0 Å². The Kier molecular flexibility index (Phi) is 7.35. The monoisotopic (exact) mass is 556 g/mol. The molecule has 9 nitrogen and oxygen atoms in total. The summed E-state index contributed by atoms with van der Waals surface area (Å²) in [6.45, 7) is 0. The van der Waals surface area contributed by atoms with Crippen molar-refractivity contribution in [3.63, 3.8) is 0 Å². The molecule has 0 N–H and O–H groups in total. The lowest BCUT2D eigenvalue weighted by Crippen LogP contribution is -2.11. The molecule has 0 unspecified atom stereocenters. The SMILES string of the molecule is COc1ccc(Oc2coc3cc(OC(=O)c4cc(OC)c(OC)c(OC)c4Br)ccc3c2=O)cc1. The maximum absolute atomic E-state index is 13.0. The van der Waals surface area contributed by atoms with Crippen molar-refractivity contribution in [2.24, 2.45) is 0 Å². The Morgan fingerprint density at radius 1 is 0.778 bits per heavy atom. The van der Waals surface area contributed by atoms with Gasteiger partial charge in [0.05, 0.1) is 43.9 Å². The van der Waals surface area contributed by atoms with Gasteiger partial charge in [0.1, 0.15) is 29.1 Å². The molecule has 1 heterocycles. The summed E-state index contributed by atoms with van der Waals surface area (Å²) in [6, 6.07) is 12.7. The number of halogens is 1. The van der Waals surface area contributed by atoms with Gasteiger partial charge in [-0.25, -0.2) is 4.79 Å². The molecule has 0 aliphatic rings. The highest BCUT2D eigenvalue weighted by atomic mass is 79.9. The Labute approximate surface area is 214 Å². The fraction of sp³-hybridized carbons (Fsp3) is 0.154. The summed E-state index contributed by atoms with van der Waals surface area (Å²) in [4.78, 5) is 25.8. The van der Waals surface area contributed by atoms with Gasteiger partial charge in [0, 0.05) is 6.07 Å². The Morgan fingerprint density at radius 3 is 2.08 bits per heavy atom. The summed E-state index contributed by atoms with van der Waals surface area (Å²) < 4.78 is 38.2. The zero-order valence-corrected chi connectivity index (χ0v) is 21.3. The molecule has 186 valence electrons. The number of hydrogen-bond donors (Lipinski definition) is 0. The summed E-state index contributed by atoms with van der Waals surface area (Å²) in [6.07, 6.45) is 1.20. The average molecular weight is 557 g/mol. The van der Waals surface area contributed by atoms with Crippen LogP contribution in [0.15, 0.2) is 68.5 Å². The topological polar surface area (TPSA) is 103 Å². The Hall–Kier alpha value is -4.18. The number of ether oxygens (including phenoxy) is 6. The molecule has 0 spiro atoms. The van der Waals surface area contributed by atoms with Gasteiger partial charge in [-0.15, -0.1) is 0 Å². The Balaban J connectivity index is 1.61. The fourth-order valence-electron chi connectivity index (χ4n) is 3.43. The molecular weight excluding hydrogens is 536 g/mol. The molecule has 1 aromatic heterocycles. The van der Waals surface area contributed by atoms with Gasteiger partial charge in [-0.3, -0.25) is 4.79 Å². The van der Waals surface area contributed by atoms with Gasteiger partial charge >= 0.3 is 5.97 Å². The molecule has 0 aliphatic carbocycles. The number of carbonyl (C=O) groups is 1. The van der Waals surface area contributed by atoms with E-state index >= 15 is 0 Å². The van der Waals surface area contributed by atoms with Crippen LogP contribution in [0.4, 0.5) is 0 Å². The van der Waals surface area contributed by atoms with E-state index in [-0.39, 0.29) is 39.2 Å². The first-order valence-corrected chi connectivity index (χ1v) is 11.3. The van der Waals surface area contributed by atoms with Crippen LogP contribution in [0, 0.1) is 0 Å². The molecule has 0 saturated carbocycles.